The Labute approximate surface area is 122 Å². The summed E-state index contributed by atoms with van der Waals surface area (Å²) in [4.78, 5) is 22.8. The number of aromatic nitrogens is 3. The van der Waals surface area contributed by atoms with Crippen molar-refractivity contribution < 1.29 is 4.79 Å². The Bertz CT molecular complexity index is 683. The van der Waals surface area contributed by atoms with Crippen molar-refractivity contribution in [3.8, 4) is 0 Å². The first-order valence-electron chi connectivity index (χ1n) is 6.62. The third-order valence-corrected chi connectivity index (χ3v) is 3.30. The predicted molar refractivity (Wildman–Crippen MR) is 78.9 cm³/mol. The van der Waals surface area contributed by atoms with Crippen molar-refractivity contribution in [2.45, 2.75) is 6.42 Å². The van der Waals surface area contributed by atoms with Crippen LogP contribution in [0.2, 0.25) is 0 Å². The Balaban J connectivity index is 0.000000186. The molecule has 21 heavy (non-hydrogen) atoms. The monoisotopic (exact) mass is 275 g/mol. The average molecular weight is 275 g/mol. The Hall–Kier alpha value is -2.88. The molecule has 0 N–H and O–H groups in total. The number of hydrogen-bond acceptors (Lipinski definition) is 4. The van der Waals surface area contributed by atoms with Gasteiger partial charge in [-0.05, 0) is 17.5 Å². The van der Waals surface area contributed by atoms with Crippen LogP contribution in [0, 0.1) is 0 Å². The van der Waals surface area contributed by atoms with Gasteiger partial charge in [-0.25, -0.2) is 15.0 Å². The third kappa shape index (κ3) is 2.84. The molecule has 0 atom stereocenters. The van der Waals surface area contributed by atoms with E-state index in [9.17, 15) is 4.79 Å². The molecule has 4 rings (SSSR count). The maximum atomic E-state index is 12.1. The van der Waals surface area contributed by atoms with E-state index in [1.807, 2.05) is 48.5 Å². The molecule has 0 saturated carbocycles. The molecule has 2 aromatic carbocycles. The third-order valence-electron chi connectivity index (χ3n) is 3.30. The molecule has 0 saturated heterocycles. The molecule has 0 radical (unpaired) electrons. The van der Waals surface area contributed by atoms with Crippen molar-refractivity contribution in [1.29, 1.82) is 0 Å². The number of fused-ring (bicyclic) bond motifs is 2. The summed E-state index contributed by atoms with van der Waals surface area (Å²) in [7, 11) is 0. The lowest BCUT2D eigenvalue weighted by Gasteiger charge is -2.17. The summed E-state index contributed by atoms with van der Waals surface area (Å²) >= 11 is 0. The van der Waals surface area contributed by atoms with Gasteiger partial charge in [-0.2, -0.15) is 0 Å². The van der Waals surface area contributed by atoms with Crippen LogP contribution < -0.4 is 0 Å². The quantitative estimate of drug-likeness (QED) is 0.495. The smallest absolute Gasteiger partial charge is 0.193 e. The highest BCUT2D eigenvalue weighted by Crippen LogP contribution is 2.26. The first kappa shape index (κ1) is 13.1. The van der Waals surface area contributed by atoms with Crippen molar-refractivity contribution in [3.05, 3.63) is 89.8 Å². The summed E-state index contributed by atoms with van der Waals surface area (Å²) in [5.41, 5.74) is 4.00. The van der Waals surface area contributed by atoms with Crippen LogP contribution in [-0.4, -0.2) is 20.7 Å². The second kappa shape index (κ2) is 6.05. The number of hydrogen-bond donors (Lipinski definition) is 0. The zero-order chi connectivity index (χ0) is 14.5. The van der Waals surface area contributed by atoms with Crippen molar-refractivity contribution in [3.63, 3.8) is 0 Å². The van der Waals surface area contributed by atoms with Gasteiger partial charge in [0, 0.05) is 11.1 Å². The number of rotatable bonds is 0. The number of nitrogens with zero attached hydrogens (tertiary/aromatic N) is 3. The van der Waals surface area contributed by atoms with E-state index in [1.54, 1.807) is 0 Å². The van der Waals surface area contributed by atoms with E-state index >= 15 is 0 Å². The topological polar surface area (TPSA) is 55.7 Å². The lowest BCUT2D eigenvalue weighted by atomic mass is 9.85. The summed E-state index contributed by atoms with van der Waals surface area (Å²) in [5, 5.41) is 0. The Kier molecular flexibility index (Phi) is 3.78. The van der Waals surface area contributed by atoms with E-state index in [1.165, 1.54) is 19.0 Å². The molecule has 0 amide bonds. The first-order valence-corrected chi connectivity index (χ1v) is 6.62. The Morgan fingerprint density at radius 1 is 0.667 bits per heavy atom. The van der Waals surface area contributed by atoms with E-state index in [4.69, 9.17) is 0 Å². The summed E-state index contributed by atoms with van der Waals surface area (Å²) < 4.78 is 0. The average Bonchev–Trinajstić information content (AvgIpc) is 2.57. The van der Waals surface area contributed by atoms with Crippen LogP contribution in [0.25, 0.3) is 0 Å². The van der Waals surface area contributed by atoms with Crippen molar-refractivity contribution in [2.24, 2.45) is 0 Å². The zero-order valence-corrected chi connectivity index (χ0v) is 11.3. The number of carbonyl (C=O) groups is 1. The Morgan fingerprint density at radius 2 is 1.10 bits per heavy atom. The second-order valence-corrected chi connectivity index (χ2v) is 4.61. The maximum Gasteiger partial charge on any atom is 0.193 e. The molecular formula is C17H13N3O. The molecule has 1 heterocycles. The first-order chi connectivity index (χ1) is 10.4. The maximum absolute atomic E-state index is 12.1. The van der Waals surface area contributed by atoms with Gasteiger partial charge in [0.15, 0.2) is 5.78 Å². The molecule has 3 aromatic rings. The van der Waals surface area contributed by atoms with Gasteiger partial charge in [-0.3, -0.25) is 4.79 Å². The predicted octanol–water partition coefficient (Wildman–Crippen LogP) is 2.69. The fourth-order valence-electron chi connectivity index (χ4n) is 2.35. The van der Waals surface area contributed by atoms with E-state index in [-0.39, 0.29) is 5.78 Å². The number of benzene rings is 2. The van der Waals surface area contributed by atoms with Gasteiger partial charge in [0.2, 0.25) is 0 Å². The standard InChI is InChI=1S/C14H10O.C3H3N3/c15-14-12-7-3-1-5-10(12)9-11-6-2-4-8-13(11)14;1-4-2-6-3-5-1/h1-8H,9H2;1-3H. The van der Waals surface area contributed by atoms with E-state index in [0.29, 0.717) is 0 Å². The van der Waals surface area contributed by atoms with Crippen LogP contribution in [-0.2, 0) is 6.42 Å². The Morgan fingerprint density at radius 3 is 1.52 bits per heavy atom. The summed E-state index contributed by atoms with van der Waals surface area (Å²) in [6.45, 7) is 0. The minimum atomic E-state index is 0.160. The van der Waals surface area contributed by atoms with Gasteiger partial charge in [0.1, 0.15) is 19.0 Å². The molecule has 102 valence electrons. The lowest BCUT2D eigenvalue weighted by Crippen LogP contribution is -2.14. The van der Waals surface area contributed by atoms with Crippen LogP contribution in [0.5, 0.6) is 0 Å². The molecular weight excluding hydrogens is 262 g/mol. The SMILES string of the molecule is O=C1c2ccccc2Cc2ccccc21.c1ncncn1. The number of carbonyl (C=O) groups excluding carboxylic acids is 1. The van der Waals surface area contributed by atoms with E-state index in [2.05, 4.69) is 15.0 Å². The van der Waals surface area contributed by atoms with Crippen molar-refractivity contribution in [1.82, 2.24) is 15.0 Å². The minimum absolute atomic E-state index is 0.160. The molecule has 0 bridgehead atoms. The zero-order valence-electron chi connectivity index (χ0n) is 11.3. The normalized spacial score (nSPS) is 11.7. The molecule has 4 heteroatoms. The van der Waals surface area contributed by atoms with Crippen LogP contribution in [0.15, 0.2) is 67.5 Å². The van der Waals surface area contributed by atoms with Crippen molar-refractivity contribution in [2.75, 3.05) is 0 Å². The van der Waals surface area contributed by atoms with Crippen LogP contribution in [0.4, 0.5) is 0 Å². The lowest BCUT2D eigenvalue weighted by molar-refractivity contribution is 0.103. The van der Waals surface area contributed by atoms with E-state index < -0.39 is 0 Å². The molecule has 1 aromatic heterocycles. The van der Waals surface area contributed by atoms with Gasteiger partial charge in [-0.1, -0.05) is 48.5 Å². The number of ketones is 1. The van der Waals surface area contributed by atoms with Crippen LogP contribution in [0.1, 0.15) is 27.0 Å². The molecule has 0 fully saturated rings. The fraction of sp³-hybridized carbons (Fsp3) is 0.0588. The molecule has 4 nitrogen and oxygen atoms in total. The molecule has 0 spiro atoms. The summed E-state index contributed by atoms with van der Waals surface area (Å²) in [6, 6.07) is 15.7. The van der Waals surface area contributed by atoms with E-state index in [0.717, 1.165) is 28.7 Å². The van der Waals surface area contributed by atoms with Gasteiger partial charge in [0.05, 0.1) is 0 Å². The van der Waals surface area contributed by atoms with Crippen molar-refractivity contribution >= 4 is 5.78 Å². The highest BCUT2D eigenvalue weighted by atomic mass is 16.1. The summed E-state index contributed by atoms with van der Waals surface area (Å²) in [6.07, 6.45) is 5.19. The minimum Gasteiger partial charge on any atom is -0.289 e. The van der Waals surface area contributed by atoms with Gasteiger partial charge in [-0.15, -0.1) is 0 Å². The van der Waals surface area contributed by atoms with Crippen LogP contribution in [0.3, 0.4) is 0 Å². The largest absolute Gasteiger partial charge is 0.289 e. The summed E-state index contributed by atoms with van der Waals surface area (Å²) in [5.74, 6) is 0.160. The highest BCUT2D eigenvalue weighted by molar-refractivity contribution is 6.12. The highest BCUT2D eigenvalue weighted by Gasteiger charge is 2.21. The second-order valence-electron chi connectivity index (χ2n) is 4.61. The molecule has 1 aliphatic carbocycles. The van der Waals surface area contributed by atoms with Gasteiger partial charge < -0.3 is 0 Å². The van der Waals surface area contributed by atoms with Gasteiger partial charge >= 0.3 is 0 Å². The van der Waals surface area contributed by atoms with Crippen LogP contribution >= 0.6 is 0 Å². The molecule has 0 unspecified atom stereocenters. The fourth-order valence-corrected chi connectivity index (χ4v) is 2.35. The van der Waals surface area contributed by atoms with Gasteiger partial charge in [0.25, 0.3) is 0 Å². The molecule has 0 aliphatic heterocycles. The molecule has 1 aliphatic rings.